The summed E-state index contributed by atoms with van der Waals surface area (Å²) < 4.78 is 39.3. The molecule has 0 saturated carbocycles. The summed E-state index contributed by atoms with van der Waals surface area (Å²) in [5, 5.41) is 13.8. The van der Waals surface area contributed by atoms with Crippen molar-refractivity contribution in [3.05, 3.63) is 64.7 Å². The lowest BCUT2D eigenvalue weighted by molar-refractivity contribution is -0.137. The standard InChI is InChI=1S/C25H29F3N4O2/c1-4-18-8-7-11-23(32-24(33)14-17(3)12-13-29-31-32)21(18)16-34-30-22(5-2)19-9-6-10-20(15-19)25(26,27)28/h6-11,15,17H,4-5,12-14,16H2,1-3H3/b30-22-,31-29-. The van der Waals surface area contributed by atoms with Crippen molar-refractivity contribution >= 4 is 17.3 Å². The third-order valence-corrected chi connectivity index (χ3v) is 5.73. The van der Waals surface area contributed by atoms with Crippen LogP contribution >= 0.6 is 0 Å². The van der Waals surface area contributed by atoms with E-state index in [1.807, 2.05) is 26.0 Å². The van der Waals surface area contributed by atoms with Gasteiger partial charge in [0.2, 0.25) is 5.91 Å². The molecule has 2 aromatic carbocycles. The van der Waals surface area contributed by atoms with Crippen molar-refractivity contribution in [2.45, 2.75) is 59.2 Å². The Bertz CT molecular complexity index is 1070. The highest BCUT2D eigenvalue weighted by atomic mass is 19.4. The highest BCUT2D eigenvalue weighted by Crippen LogP contribution is 2.31. The molecule has 0 spiro atoms. The lowest BCUT2D eigenvalue weighted by Gasteiger charge is -2.23. The number of hydrogen-bond acceptors (Lipinski definition) is 5. The van der Waals surface area contributed by atoms with E-state index < -0.39 is 11.7 Å². The first-order chi connectivity index (χ1) is 16.2. The number of aryl methyl sites for hydroxylation is 1. The molecule has 6 nitrogen and oxygen atoms in total. The normalized spacial score (nSPS) is 18.4. The maximum Gasteiger partial charge on any atom is 0.416 e. The Labute approximate surface area is 197 Å². The van der Waals surface area contributed by atoms with Crippen LogP contribution in [0.15, 0.2) is 58.0 Å². The summed E-state index contributed by atoms with van der Waals surface area (Å²) in [4.78, 5) is 18.5. The van der Waals surface area contributed by atoms with E-state index in [1.165, 1.54) is 11.1 Å². The third-order valence-electron chi connectivity index (χ3n) is 5.73. The van der Waals surface area contributed by atoms with Gasteiger partial charge in [-0.25, -0.2) is 0 Å². The largest absolute Gasteiger partial charge is 0.416 e. The Hall–Kier alpha value is -3.23. The van der Waals surface area contributed by atoms with Crippen LogP contribution in [0.3, 0.4) is 0 Å². The fraction of sp³-hybridized carbons (Fsp3) is 0.440. The summed E-state index contributed by atoms with van der Waals surface area (Å²) in [5.41, 5.74) is 2.30. The lowest BCUT2D eigenvalue weighted by Crippen LogP contribution is -2.29. The number of halogens is 3. The molecule has 0 fully saturated rings. The van der Waals surface area contributed by atoms with Crippen molar-refractivity contribution in [3.63, 3.8) is 0 Å². The maximum atomic E-state index is 13.1. The zero-order valence-corrected chi connectivity index (χ0v) is 19.6. The quantitative estimate of drug-likeness (QED) is 0.330. The summed E-state index contributed by atoms with van der Waals surface area (Å²) >= 11 is 0. The van der Waals surface area contributed by atoms with E-state index in [0.717, 1.165) is 29.7 Å². The Morgan fingerprint density at radius 2 is 1.97 bits per heavy atom. The Kier molecular flexibility index (Phi) is 8.41. The van der Waals surface area contributed by atoms with Crippen molar-refractivity contribution in [2.24, 2.45) is 21.4 Å². The minimum Gasteiger partial charge on any atom is -0.391 e. The fourth-order valence-electron chi connectivity index (χ4n) is 3.79. The number of oxime groups is 1. The molecule has 1 unspecified atom stereocenters. The van der Waals surface area contributed by atoms with E-state index >= 15 is 0 Å². The zero-order valence-electron chi connectivity index (χ0n) is 19.6. The molecule has 9 heteroatoms. The predicted molar refractivity (Wildman–Crippen MR) is 124 cm³/mol. The molecule has 1 heterocycles. The molecule has 1 amide bonds. The molecule has 0 aliphatic carbocycles. The van der Waals surface area contributed by atoms with Gasteiger partial charge in [0.15, 0.2) is 0 Å². The van der Waals surface area contributed by atoms with Crippen LogP contribution in [0, 0.1) is 5.92 Å². The van der Waals surface area contributed by atoms with Gasteiger partial charge >= 0.3 is 6.18 Å². The van der Waals surface area contributed by atoms with Crippen LogP contribution in [-0.4, -0.2) is 18.2 Å². The number of alkyl halides is 3. The molecule has 0 saturated heterocycles. The topological polar surface area (TPSA) is 66.6 Å². The summed E-state index contributed by atoms with van der Waals surface area (Å²) in [6.45, 7) is 6.39. The van der Waals surface area contributed by atoms with Crippen LogP contribution in [0.2, 0.25) is 0 Å². The van der Waals surface area contributed by atoms with E-state index in [4.69, 9.17) is 4.84 Å². The van der Waals surface area contributed by atoms with Gasteiger partial charge in [0.25, 0.3) is 0 Å². The number of anilines is 1. The minimum atomic E-state index is -4.44. The van der Waals surface area contributed by atoms with E-state index in [-0.39, 0.29) is 18.4 Å². The predicted octanol–water partition coefficient (Wildman–Crippen LogP) is 6.73. The smallest absolute Gasteiger partial charge is 0.391 e. The molecule has 1 atom stereocenters. The zero-order chi connectivity index (χ0) is 24.7. The summed E-state index contributed by atoms with van der Waals surface area (Å²) in [6.07, 6.45) is -2.18. The van der Waals surface area contributed by atoms with Gasteiger partial charge in [0, 0.05) is 12.0 Å². The van der Waals surface area contributed by atoms with E-state index in [2.05, 4.69) is 15.5 Å². The van der Waals surface area contributed by atoms with Crippen molar-refractivity contribution in [2.75, 3.05) is 11.6 Å². The van der Waals surface area contributed by atoms with Gasteiger partial charge in [-0.15, -0.1) is 0 Å². The molecular formula is C25H29F3N4O2. The van der Waals surface area contributed by atoms with E-state index in [1.54, 1.807) is 19.1 Å². The molecule has 1 aliphatic rings. The highest BCUT2D eigenvalue weighted by molar-refractivity contribution is 6.00. The average Bonchev–Trinajstić information content (AvgIpc) is 2.80. The number of benzene rings is 2. The molecule has 1 aliphatic heterocycles. The molecule has 3 rings (SSSR count). The molecule has 2 aromatic rings. The number of nitrogens with zero attached hydrogens (tertiary/aromatic N) is 4. The summed E-state index contributed by atoms with van der Waals surface area (Å²) in [7, 11) is 0. The molecule has 0 aromatic heterocycles. The Morgan fingerprint density at radius 1 is 1.21 bits per heavy atom. The average molecular weight is 475 g/mol. The summed E-state index contributed by atoms with van der Waals surface area (Å²) in [5.74, 6) is 0.0552. The van der Waals surface area contributed by atoms with Crippen molar-refractivity contribution in [1.82, 2.24) is 0 Å². The lowest BCUT2D eigenvalue weighted by atomic mass is 10.0. The second-order valence-corrected chi connectivity index (χ2v) is 8.27. The van der Waals surface area contributed by atoms with Crippen molar-refractivity contribution in [3.8, 4) is 0 Å². The molecule has 0 bridgehead atoms. The Morgan fingerprint density at radius 3 is 2.68 bits per heavy atom. The van der Waals surface area contributed by atoms with Crippen LogP contribution in [0.1, 0.15) is 62.3 Å². The van der Waals surface area contributed by atoms with E-state index in [9.17, 15) is 18.0 Å². The van der Waals surface area contributed by atoms with Crippen LogP contribution in [-0.2, 0) is 28.8 Å². The fourth-order valence-corrected chi connectivity index (χ4v) is 3.79. The van der Waals surface area contributed by atoms with Gasteiger partial charge in [-0.05, 0) is 54.5 Å². The molecule has 34 heavy (non-hydrogen) atoms. The second kappa shape index (κ2) is 11.3. The van der Waals surface area contributed by atoms with Gasteiger partial charge < -0.3 is 4.84 Å². The highest BCUT2D eigenvalue weighted by Gasteiger charge is 2.30. The number of hydrogen-bond donors (Lipinski definition) is 0. The first kappa shape index (κ1) is 25.4. The van der Waals surface area contributed by atoms with Crippen molar-refractivity contribution < 1.29 is 22.8 Å². The Balaban J connectivity index is 1.89. The first-order valence-corrected chi connectivity index (χ1v) is 11.4. The van der Waals surface area contributed by atoms with Gasteiger partial charge in [-0.2, -0.15) is 23.3 Å². The molecule has 0 N–H and O–H groups in total. The van der Waals surface area contributed by atoms with Crippen LogP contribution in [0.5, 0.6) is 0 Å². The van der Waals surface area contributed by atoms with Crippen LogP contribution < -0.4 is 5.01 Å². The van der Waals surface area contributed by atoms with Gasteiger partial charge in [-0.1, -0.05) is 55.4 Å². The van der Waals surface area contributed by atoms with Gasteiger partial charge in [0.05, 0.1) is 23.5 Å². The number of carbonyl (C=O) groups excluding carboxylic acids is 1. The number of carbonyl (C=O) groups is 1. The number of rotatable bonds is 7. The van der Waals surface area contributed by atoms with Gasteiger partial charge in [-0.3, -0.25) is 4.79 Å². The van der Waals surface area contributed by atoms with E-state index in [0.29, 0.717) is 42.8 Å². The SMILES string of the molecule is CC/C(=N/OCc1c(CC)cccc1N1/N=N\CCC(C)CC1=O)c1cccc(C(F)(F)F)c1. The first-order valence-electron chi connectivity index (χ1n) is 11.4. The van der Waals surface area contributed by atoms with Crippen molar-refractivity contribution in [1.29, 1.82) is 0 Å². The molecule has 0 radical (unpaired) electrons. The third kappa shape index (κ3) is 6.21. The minimum absolute atomic E-state index is 0.0384. The number of amides is 1. The molecule has 182 valence electrons. The maximum absolute atomic E-state index is 13.1. The van der Waals surface area contributed by atoms with Crippen LogP contribution in [0.25, 0.3) is 0 Å². The monoisotopic (exact) mass is 474 g/mol. The van der Waals surface area contributed by atoms with Crippen LogP contribution in [0.4, 0.5) is 18.9 Å². The second-order valence-electron chi connectivity index (χ2n) is 8.27. The molecular weight excluding hydrogens is 445 g/mol. The van der Waals surface area contributed by atoms with Gasteiger partial charge in [0.1, 0.15) is 6.61 Å². The summed E-state index contributed by atoms with van der Waals surface area (Å²) in [6, 6.07) is 10.6.